The zero-order valence-corrected chi connectivity index (χ0v) is 10.6. The minimum atomic E-state index is 0.0677. The van der Waals surface area contributed by atoms with Gasteiger partial charge in [-0.1, -0.05) is 0 Å². The summed E-state index contributed by atoms with van der Waals surface area (Å²) in [6.07, 6.45) is 1.77. The number of nitrogens with zero attached hydrogens (tertiary/aromatic N) is 1. The van der Waals surface area contributed by atoms with E-state index >= 15 is 0 Å². The summed E-state index contributed by atoms with van der Waals surface area (Å²) < 4.78 is 5.07. The van der Waals surface area contributed by atoms with Crippen molar-refractivity contribution in [3.8, 4) is 5.75 Å². The zero-order chi connectivity index (χ0) is 13.0. The summed E-state index contributed by atoms with van der Waals surface area (Å²) in [5.41, 5.74) is 0.695. The van der Waals surface area contributed by atoms with Gasteiger partial charge in [0.05, 0.1) is 7.11 Å². The summed E-state index contributed by atoms with van der Waals surface area (Å²) in [7, 11) is 1.61. The van der Waals surface area contributed by atoms with Crippen molar-refractivity contribution in [3.63, 3.8) is 0 Å². The van der Waals surface area contributed by atoms with Crippen LogP contribution in [0.15, 0.2) is 24.3 Å². The third-order valence-corrected chi connectivity index (χ3v) is 3.45. The average molecular weight is 249 g/mol. The Hall–Kier alpha value is -1.55. The number of hydrogen-bond acceptors (Lipinski definition) is 3. The fourth-order valence-electron chi connectivity index (χ4n) is 2.35. The van der Waals surface area contributed by atoms with Crippen LogP contribution in [0, 0.1) is 5.92 Å². The first-order valence-electron chi connectivity index (χ1n) is 6.28. The predicted molar refractivity (Wildman–Crippen MR) is 68.7 cm³/mol. The molecule has 1 aliphatic rings. The Morgan fingerprint density at radius 2 is 2.17 bits per heavy atom. The molecule has 0 aromatic heterocycles. The maximum Gasteiger partial charge on any atom is 0.253 e. The Morgan fingerprint density at radius 3 is 2.78 bits per heavy atom. The molecule has 1 atom stereocenters. The molecule has 0 aliphatic carbocycles. The second kappa shape index (κ2) is 5.87. The van der Waals surface area contributed by atoms with E-state index in [1.807, 2.05) is 4.90 Å². The number of benzene rings is 1. The normalized spacial score (nSPS) is 19.0. The molecule has 1 aromatic carbocycles. The third kappa shape index (κ3) is 2.82. The van der Waals surface area contributed by atoms with Crippen LogP contribution in [0.2, 0.25) is 0 Å². The van der Waals surface area contributed by atoms with E-state index in [2.05, 4.69) is 0 Å². The number of likely N-dealkylation sites (tertiary alicyclic amines) is 1. The topological polar surface area (TPSA) is 49.8 Å². The van der Waals surface area contributed by atoms with Crippen molar-refractivity contribution in [3.05, 3.63) is 29.8 Å². The van der Waals surface area contributed by atoms with E-state index in [0.717, 1.165) is 31.7 Å². The van der Waals surface area contributed by atoms with Crippen molar-refractivity contribution in [2.75, 3.05) is 26.8 Å². The van der Waals surface area contributed by atoms with Crippen molar-refractivity contribution in [2.24, 2.45) is 5.92 Å². The van der Waals surface area contributed by atoms with Crippen LogP contribution >= 0.6 is 0 Å². The number of carbonyl (C=O) groups excluding carboxylic acids is 1. The second-order valence-corrected chi connectivity index (χ2v) is 4.65. The maximum absolute atomic E-state index is 12.2. The molecule has 4 nitrogen and oxygen atoms in total. The maximum atomic E-state index is 12.2. The van der Waals surface area contributed by atoms with Gasteiger partial charge in [-0.25, -0.2) is 0 Å². The van der Waals surface area contributed by atoms with Crippen molar-refractivity contribution >= 4 is 5.91 Å². The number of carbonyl (C=O) groups is 1. The van der Waals surface area contributed by atoms with Gasteiger partial charge in [0, 0.05) is 25.3 Å². The van der Waals surface area contributed by atoms with E-state index < -0.39 is 0 Å². The number of methoxy groups -OCH3 is 1. The van der Waals surface area contributed by atoms with Gasteiger partial charge in [0.25, 0.3) is 5.91 Å². The Kier molecular flexibility index (Phi) is 4.20. The molecule has 1 saturated heterocycles. The zero-order valence-electron chi connectivity index (χ0n) is 10.6. The van der Waals surface area contributed by atoms with Crippen molar-refractivity contribution in [1.82, 2.24) is 4.90 Å². The smallest absolute Gasteiger partial charge is 0.253 e. The number of aliphatic hydroxyl groups excluding tert-OH is 1. The SMILES string of the molecule is COc1ccc(C(=O)N2CCC(CCO)C2)cc1. The molecule has 1 heterocycles. The molecule has 4 heteroatoms. The first-order chi connectivity index (χ1) is 8.74. The quantitative estimate of drug-likeness (QED) is 0.880. The monoisotopic (exact) mass is 249 g/mol. The van der Waals surface area contributed by atoms with Gasteiger partial charge in [-0.3, -0.25) is 4.79 Å². The van der Waals surface area contributed by atoms with Gasteiger partial charge in [0.2, 0.25) is 0 Å². The molecule has 0 saturated carbocycles. The largest absolute Gasteiger partial charge is 0.497 e. The number of aliphatic hydroxyl groups is 1. The van der Waals surface area contributed by atoms with Gasteiger partial charge in [0.1, 0.15) is 5.75 Å². The van der Waals surface area contributed by atoms with Crippen molar-refractivity contribution in [1.29, 1.82) is 0 Å². The molecule has 18 heavy (non-hydrogen) atoms. The fraction of sp³-hybridized carbons (Fsp3) is 0.500. The van der Waals surface area contributed by atoms with Crippen LogP contribution in [0.4, 0.5) is 0 Å². The van der Waals surface area contributed by atoms with Gasteiger partial charge in [-0.2, -0.15) is 0 Å². The number of rotatable bonds is 4. The lowest BCUT2D eigenvalue weighted by Gasteiger charge is -2.16. The van der Waals surface area contributed by atoms with Crippen LogP contribution in [0.25, 0.3) is 0 Å². The minimum absolute atomic E-state index is 0.0677. The van der Waals surface area contributed by atoms with E-state index in [1.54, 1.807) is 31.4 Å². The van der Waals surface area contributed by atoms with E-state index in [0.29, 0.717) is 11.5 Å². The molecule has 1 aromatic rings. The Balaban J connectivity index is 1.98. The van der Waals surface area contributed by atoms with Gasteiger partial charge in [-0.05, 0) is 43.0 Å². The molecule has 0 radical (unpaired) electrons. The van der Waals surface area contributed by atoms with Crippen LogP contribution < -0.4 is 4.74 Å². The number of hydrogen-bond donors (Lipinski definition) is 1. The van der Waals surface area contributed by atoms with Crippen LogP contribution in [0.3, 0.4) is 0 Å². The lowest BCUT2D eigenvalue weighted by Crippen LogP contribution is -2.28. The third-order valence-electron chi connectivity index (χ3n) is 3.45. The lowest BCUT2D eigenvalue weighted by molar-refractivity contribution is 0.0784. The van der Waals surface area contributed by atoms with Gasteiger partial charge in [0.15, 0.2) is 0 Å². The van der Waals surface area contributed by atoms with Crippen LogP contribution in [-0.4, -0.2) is 42.7 Å². The molecule has 0 spiro atoms. The van der Waals surface area contributed by atoms with Crippen LogP contribution in [-0.2, 0) is 0 Å². The van der Waals surface area contributed by atoms with E-state index in [4.69, 9.17) is 9.84 Å². The number of amides is 1. The molecule has 1 fully saturated rings. The van der Waals surface area contributed by atoms with E-state index in [1.165, 1.54) is 0 Å². The first kappa shape index (κ1) is 12.9. The van der Waals surface area contributed by atoms with Gasteiger partial charge >= 0.3 is 0 Å². The molecule has 0 bridgehead atoms. The highest BCUT2D eigenvalue weighted by atomic mass is 16.5. The molecule has 98 valence electrons. The Bertz CT molecular complexity index is 402. The summed E-state index contributed by atoms with van der Waals surface area (Å²) >= 11 is 0. The average Bonchev–Trinajstić information content (AvgIpc) is 2.87. The predicted octanol–water partition coefficient (Wildman–Crippen LogP) is 1.54. The summed E-state index contributed by atoms with van der Waals surface area (Å²) in [4.78, 5) is 14.1. The van der Waals surface area contributed by atoms with E-state index in [9.17, 15) is 4.79 Å². The van der Waals surface area contributed by atoms with Crippen LogP contribution in [0.5, 0.6) is 5.75 Å². The van der Waals surface area contributed by atoms with Crippen LogP contribution in [0.1, 0.15) is 23.2 Å². The molecule has 1 aliphatic heterocycles. The number of ether oxygens (including phenoxy) is 1. The Labute approximate surface area is 107 Å². The van der Waals surface area contributed by atoms with E-state index in [-0.39, 0.29) is 12.5 Å². The van der Waals surface area contributed by atoms with Crippen molar-refractivity contribution < 1.29 is 14.6 Å². The first-order valence-corrected chi connectivity index (χ1v) is 6.28. The minimum Gasteiger partial charge on any atom is -0.497 e. The second-order valence-electron chi connectivity index (χ2n) is 4.65. The van der Waals surface area contributed by atoms with Gasteiger partial charge < -0.3 is 14.7 Å². The highest BCUT2D eigenvalue weighted by Gasteiger charge is 2.26. The summed E-state index contributed by atoms with van der Waals surface area (Å²) in [5.74, 6) is 1.27. The molecular weight excluding hydrogens is 230 g/mol. The van der Waals surface area contributed by atoms with Gasteiger partial charge in [-0.15, -0.1) is 0 Å². The Morgan fingerprint density at radius 1 is 1.44 bits per heavy atom. The molecule has 1 unspecified atom stereocenters. The summed E-state index contributed by atoms with van der Waals surface area (Å²) in [6, 6.07) is 7.18. The standard InChI is InChI=1S/C14H19NO3/c1-18-13-4-2-12(3-5-13)14(17)15-8-6-11(10-15)7-9-16/h2-5,11,16H,6-10H2,1H3. The molecule has 1 amide bonds. The van der Waals surface area contributed by atoms with Crippen molar-refractivity contribution in [2.45, 2.75) is 12.8 Å². The molecule has 2 rings (SSSR count). The summed E-state index contributed by atoms with van der Waals surface area (Å²) in [5, 5.41) is 8.91. The lowest BCUT2D eigenvalue weighted by atomic mass is 10.1. The highest BCUT2D eigenvalue weighted by Crippen LogP contribution is 2.21. The highest BCUT2D eigenvalue weighted by molar-refractivity contribution is 5.94. The molecular formula is C14H19NO3. The summed E-state index contributed by atoms with van der Waals surface area (Å²) in [6.45, 7) is 1.75. The molecule has 1 N–H and O–H groups in total. The fourth-order valence-corrected chi connectivity index (χ4v) is 2.35.